The van der Waals surface area contributed by atoms with Crippen molar-refractivity contribution in [3.8, 4) is 5.88 Å². The maximum atomic E-state index is 6.08. The molecule has 1 aromatic rings. The van der Waals surface area contributed by atoms with Crippen LogP contribution < -0.4 is 10.1 Å². The van der Waals surface area contributed by atoms with Gasteiger partial charge in [0.05, 0.1) is 6.10 Å². The van der Waals surface area contributed by atoms with Crippen molar-refractivity contribution >= 4 is 0 Å². The summed E-state index contributed by atoms with van der Waals surface area (Å²) in [6.45, 7) is 9.76. The first-order valence-corrected chi connectivity index (χ1v) is 8.54. The summed E-state index contributed by atoms with van der Waals surface area (Å²) in [4.78, 5) is 4.43. The first kappa shape index (κ1) is 18.0. The molecule has 0 aliphatic carbocycles. The highest BCUT2D eigenvalue weighted by atomic mass is 16.5. The molecule has 1 rings (SSSR count). The lowest BCUT2D eigenvalue weighted by molar-refractivity contribution is 0.194. The summed E-state index contributed by atoms with van der Waals surface area (Å²) in [6, 6.07) is 4.37. The molecule has 0 aliphatic rings. The third-order valence-corrected chi connectivity index (χ3v) is 3.74. The number of nitrogens with one attached hydrogen (secondary N) is 1. The Bertz CT molecular complexity index is 381. The fraction of sp³-hybridized carbons (Fsp3) is 0.722. The molecule has 0 amide bonds. The van der Waals surface area contributed by atoms with Gasteiger partial charge in [-0.2, -0.15) is 0 Å². The van der Waals surface area contributed by atoms with Gasteiger partial charge < -0.3 is 10.1 Å². The van der Waals surface area contributed by atoms with E-state index in [1.165, 1.54) is 25.7 Å². The number of nitrogens with zero attached hydrogens (tertiary/aromatic N) is 1. The molecule has 1 heterocycles. The fourth-order valence-corrected chi connectivity index (χ4v) is 2.41. The molecule has 0 aliphatic heterocycles. The minimum absolute atomic E-state index is 0.230. The van der Waals surface area contributed by atoms with Gasteiger partial charge in [-0.3, -0.25) is 0 Å². The van der Waals surface area contributed by atoms with Crippen LogP contribution in [0.3, 0.4) is 0 Å². The van der Waals surface area contributed by atoms with Gasteiger partial charge in [-0.05, 0) is 45.7 Å². The van der Waals surface area contributed by atoms with Crippen LogP contribution in [-0.4, -0.2) is 17.6 Å². The molecule has 1 aromatic heterocycles. The summed E-state index contributed by atoms with van der Waals surface area (Å²) >= 11 is 0. The zero-order chi connectivity index (χ0) is 15.5. The lowest BCUT2D eigenvalue weighted by atomic mass is 10.1. The molecular formula is C18H32N2O. The van der Waals surface area contributed by atoms with Gasteiger partial charge >= 0.3 is 0 Å². The Labute approximate surface area is 130 Å². The van der Waals surface area contributed by atoms with Crippen molar-refractivity contribution in [1.29, 1.82) is 0 Å². The van der Waals surface area contributed by atoms with Crippen LogP contribution in [0.2, 0.25) is 0 Å². The van der Waals surface area contributed by atoms with Crippen LogP contribution >= 0.6 is 0 Å². The van der Waals surface area contributed by atoms with Crippen molar-refractivity contribution in [3.05, 3.63) is 23.9 Å². The monoisotopic (exact) mass is 292 g/mol. The Morgan fingerprint density at radius 3 is 2.67 bits per heavy atom. The van der Waals surface area contributed by atoms with Crippen molar-refractivity contribution < 1.29 is 4.74 Å². The number of rotatable bonds is 11. The van der Waals surface area contributed by atoms with E-state index < -0.39 is 0 Å². The van der Waals surface area contributed by atoms with Crippen LogP contribution in [0.1, 0.15) is 77.8 Å². The molecule has 1 N–H and O–H groups in total. The predicted molar refractivity (Wildman–Crippen MR) is 89.8 cm³/mol. The molecule has 0 spiro atoms. The molecule has 0 aromatic carbocycles. The molecule has 21 heavy (non-hydrogen) atoms. The molecular weight excluding hydrogens is 260 g/mol. The average Bonchev–Trinajstić information content (AvgIpc) is 2.50. The summed E-state index contributed by atoms with van der Waals surface area (Å²) < 4.78 is 6.08. The molecule has 2 atom stereocenters. The van der Waals surface area contributed by atoms with E-state index in [-0.39, 0.29) is 12.1 Å². The largest absolute Gasteiger partial charge is 0.474 e. The molecule has 0 bridgehead atoms. The minimum Gasteiger partial charge on any atom is -0.474 e. The second kappa shape index (κ2) is 10.6. The van der Waals surface area contributed by atoms with E-state index in [1.54, 1.807) is 0 Å². The quantitative estimate of drug-likeness (QED) is 0.590. The van der Waals surface area contributed by atoms with Gasteiger partial charge in [-0.15, -0.1) is 0 Å². The second-order valence-corrected chi connectivity index (χ2v) is 5.85. The molecule has 120 valence electrons. The summed E-state index contributed by atoms with van der Waals surface area (Å²) in [7, 11) is 0. The number of ether oxygens (including phenoxy) is 1. The normalized spacial score (nSPS) is 13.9. The van der Waals surface area contributed by atoms with Gasteiger partial charge in [0.1, 0.15) is 0 Å². The van der Waals surface area contributed by atoms with Gasteiger partial charge in [0.2, 0.25) is 5.88 Å². The lowest BCUT2D eigenvalue weighted by Crippen LogP contribution is -2.21. The van der Waals surface area contributed by atoms with Gasteiger partial charge in [0.15, 0.2) is 0 Å². The van der Waals surface area contributed by atoms with Gasteiger partial charge in [-0.1, -0.05) is 39.2 Å². The average molecular weight is 292 g/mol. The third kappa shape index (κ3) is 6.94. The van der Waals surface area contributed by atoms with Crippen molar-refractivity contribution in [2.45, 2.75) is 78.4 Å². The lowest BCUT2D eigenvalue weighted by Gasteiger charge is -2.20. The fourth-order valence-electron chi connectivity index (χ4n) is 2.41. The Hall–Kier alpha value is -1.09. The Morgan fingerprint density at radius 2 is 1.95 bits per heavy atom. The van der Waals surface area contributed by atoms with Crippen LogP contribution in [0, 0.1) is 0 Å². The van der Waals surface area contributed by atoms with Crippen LogP contribution in [0.15, 0.2) is 18.3 Å². The van der Waals surface area contributed by atoms with E-state index in [9.17, 15) is 0 Å². The van der Waals surface area contributed by atoms with E-state index in [0.29, 0.717) is 0 Å². The zero-order valence-corrected chi connectivity index (χ0v) is 14.2. The van der Waals surface area contributed by atoms with Gasteiger partial charge in [-0.25, -0.2) is 4.98 Å². The van der Waals surface area contributed by atoms with Crippen molar-refractivity contribution in [2.75, 3.05) is 6.54 Å². The molecule has 0 saturated carbocycles. The Kier molecular flexibility index (Phi) is 9.07. The maximum absolute atomic E-state index is 6.08. The molecule has 3 heteroatoms. The summed E-state index contributed by atoms with van der Waals surface area (Å²) in [5, 5.41) is 3.50. The summed E-state index contributed by atoms with van der Waals surface area (Å²) in [5.41, 5.74) is 1.16. The highest BCUT2D eigenvalue weighted by Gasteiger charge is 2.14. The number of pyridine rings is 1. The number of hydrogen-bond acceptors (Lipinski definition) is 3. The van der Waals surface area contributed by atoms with E-state index in [4.69, 9.17) is 4.74 Å². The summed E-state index contributed by atoms with van der Waals surface area (Å²) in [6.07, 6.45) is 9.42. The predicted octanol–water partition coefficient (Wildman–Crippen LogP) is 4.88. The molecule has 0 fully saturated rings. The van der Waals surface area contributed by atoms with E-state index >= 15 is 0 Å². The Balaban J connectivity index is 2.53. The molecule has 2 unspecified atom stereocenters. The van der Waals surface area contributed by atoms with Crippen molar-refractivity contribution in [1.82, 2.24) is 10.3 Å². The van der Waals surface area contributed by atoms with Crippen molar-refractivity contribution in [2.24, 2.45) is 0 Å². The smallest absolute Gasteiger partial charge is 0.218 e. The number of hydrogen-bond donors (Lipinski definition) is 1. The van der Waals surface area contributed by atoms with E-state index in [0.717, 1.165) is 30.8 Å². The number of unbranched alkanes of at least 4 members (excludes halogenated alkanes) is 3. The summed E-state index contributed by atoms with van der Waals surface area (Å²) in [5.74, 6) is 0.789. The maximum Gasteiger partial charge on any atom is 0.218 e. The van der Waals surface area contributed by atoms with Gasteiger partial charge in [0.25, 0.3) is 0 Å². The van der Waals surface area contributed by atoms with Gasteiger partial charge in [0, 0.05) is 17.8 Å². The molecule has 0 saturated heterocycles. The third-order valence-electron chi connectivity index (χ3n) is 3.74. The Morgan fingerprint density at radius 1 is 1.14 bits per heavy atom. The zero-order valence-electron chi connectivity index (χ0n) is 14.2. The topological polar surface area (TPSA) is 34.1 Å². The van der Waals surface area contributed by atoms with E-state index in [1.807, 2.05) is 12.3 Å². The SMILES string of the molecule is CCCCCCC(C)Oc1ncccc1C(C)NCCC. The van der Waals surface area contributed by atoms with Crippen molar-refractivity contribution in [3.63, 3.8) is 0 Å². The first-order chi connectivity index (χ1) is 10.2. The van der Waals surface area contributed by atoms with E-state index in [2.05, 4.69) is 44.1 Å². The highest BCUT2D eigenvalue weighted by Crippen LogP contribution is 2.24. The van der Waals surface area contributed by atoms with Crippen LogP contribution in [0.5, 0.6) is 5.88 Å². The van der Waals surface area contributed by atoms with Crippen LogP contribution in [-0.2, 0) is 0 Å². The molecule has 3 nitrogen and oxygen atoms in total. The first-order valence-electron chi connectivity index (χ1n) is 8.54. The second-order valence-electron chi connectivity index (χ2n) is 5.85. The standard InChI is InChI=1S/C18H32N2O/c1-5-7-8-9-11-15(3)21-18-17(12-10-14-20-18)16(4)19-13-6-2/h10,12,14-16,19H,5-9,11,13H2,1-4H3. The van der Waals surface area contributed by atoms with Crippen LogP contribution in [0.25, 0.3) is 0 Å². The van der Waals surface area contributed by atoms with Crippen LogP contribution in [0.4, 0.5) is 0 Å². The highest BCUT2D eigenvalue weighted by molar-refractivity contribution is 5.28. The minimum atomic E-state index is 0.230. The molecule has 0 radical (unpaired) electrons. The number of aromatic nitrogens is 1.